The van der Waals surface area contributed by atoms with Crippen LogP contribution in [0, 0.1) is 5.41 Å². The van der Waals surface area contributed by atoms with Crippen molar-refractivity contribution in [2.45, 2.75) is 19.4 Å². The molecule has 0 saturated heterocycles. The average molecular weight is 313 g/mol. The maximum absolute atomic E-state index is 11.6. The van der Waals surface area contributed by atoms with Crippen LogP contribution >= 0.6 is 15.9 Å². The highest BCUT2D eigenvalue weighted by Gasteiger charge is 2.41. The number of aliphatic hydroxyl groups excluding tert-OH is 1. The number of amides is 2. The number of carbonyl (C=O) groups excluding carboxylic acids is 1. The minimum absolute atomic E-state index is 0.0467. The highest BCUT2D eigenvalue weighted by molar-refractivity contribution is 9.10. The van der Waals surface area contributed by atoms with Crippen molar-refractivity contribution in [1.82, 2.24) is 10.6 Å². The number of benzene rings is 1. The lowest BCUT2D eigenvalue weighted by molar-refractivity contribution is 0.203. The van der Waals surface area contributed by atoms with Crippen LogP contribution in [0.4, 0.5) is 4.79 Å². The first-order valence-electron chi connectivity index (χ1n) is 6.01. The van der Waals surface area contributed by atoms with Crippen LogP contribution in [0.3, 0.4) is 0 Å². The highest BCUT2D eigenvalue weighted by Crippen LogP contribution is 2.44. The molecular formula is C13H17BrN2O2. The number of hydrogen-bond acceptors (Lipinski definition) is 2. The van der Waals surface area contributed by atoms with E-state index < -0.39 is 0 Å². The molecule has 1 saturated carbocycles. The first kappa shape index (κ1) is 13.4. The lowest BCUT2D eigenvalue weighted by Gasteiger charge is -2.13. The zero-order valence-corrected chi connectivity index (χ0v) is 11.7. The van der Waals surface area contributed by atoms with Crippen molar-refractivity contribution in [2.75, 3.05) is 13.2 Å². The Morgan fingerprint density at radius 1 is 1.28 bits per heavy atom. The van der Waals surface area contributed by atoms with E-state index in [1.165, 1.54) is 0 Å². The monoisotopic (exact) mass is 312 g/mol. The Balaban J connectivity index is 1.70. The number of halogens is 1. The molecule has 1 aromatic rings. The predicted molar refractivity (Wildman–Crippen MR) is 73.1 cm³/mol. The van der Waals surface area contributed by atoms with Crippen molar-refractivity contribution in [2.24, 2.45) is 5.41 Å². The third-order valence-electron chi connectivity index (χ3n) is 3.28. The van der Waals surface area contributed by atoms with Gasteiger partial charge < -0.3 is 15.7 Å². The maximum atomic E-state index is 11.6. The Labute approximate surface area is 115 Å². The Morgan fingerprint density at radius 2 is 1.94 bits per heavy atom. The molecule has 0 aliphatic heterocycles. The van der Waals surface area contributed by atoms with Crippen LogP contribution in [0.5, 0.6) is 0 Å². The molecule has 0 bridgehead atoms. The second-order valence-electron chi connectivity index (χ2n) is 4.82. The zero-order chi connectivity index (χ0) is 13.0. The van der Waals surface area contributed by atoms with Gasteiger partial charge in [0.1, 0.15) is 0 Å². The second kappa shape index (κ2) is 5.71. The molecule has 0 heterocycles. The van der Waals surface area contributed by atoms with E-state index in [0.717, 1.165) is 22.9 Å². The summed E-state index contributed by atoms with van der Waals surface area (Å²) in [6.45, 7) is 1.21. The summed E-state index contributed by atoms with van der Waals surface area (Å²) in [4.78, 5) is 11.6. The molecule has 18 heavy (non-hydrogen) atoms. The quantitative estimate of drug-likeness (QED) is 0.779. The Kier molecular flexibility index (Phi) is 4.24. The number of urea groups is 1. The minimum Gasteiger partial charge on any atom is -0.396 e. The van der Waals surface area contributed by atoms with Gasteiger partial charge in [0, 0.05) is 23.0 Å². The fourth-order valence-electron chi connectivity index (χ4n) is 1.68. The van der Waals surface area contributed by atoms with Crippen LogP contribution < -0.4 is 10.6 Å². The standard InChI is InChI=1S/C13H17BrN2O2/c14-11-3-1-10(2-4-11)7-15-12(18)16-8-13(9-17)5-6-13/h1-4,17H,5-9H2,(H2,15,16,18). The molecule has 2 amide bonds. The highest BCUT2D eigenvalue weighted by atomic mass is 79.9. The number of nitrogens with one attached hydrogen (secondary N) is 2. The fraction of sp³-hybridized carbons (Fsp3) is 0.462. The summed E-state index contributed by atoms with van der Waals surface area (Å²) in [5, 5.41) is 14.7. The summed E-state index contributed by atoms with van der Waals surface area (Å²) in [7, 11) is 0. The van der Waals surface area contributed by atoms with E-state index in [9.17, 15) is 4.79 Å². The lowest BCUT2D eigenvalue weighted by Crippen LogP contribution is -2.39. The Morgan fingerprint density at radius 3 is 2.50 bits per heavy atom. The molecule has 0 spiro atoms. The van der Waals surface area contributed by atoms with Crippen molar-refractivity contribution in [3.8, 4) is 0 Å². The summed E-state index contributed by atoms with van der Waals surface area (Å²) in [6, 6.07) is 7.62. The van der Waals surface area contributed by atoms with Gasteiger partial charge in [0.2, 0.25) is 0 Å². The molecule has 3 N–H and O–H groups in total. The van der Waals surface area contributed by atoms with Crippen molar-refractivity contribution < 1.29 is 9.90 Å². The number of rotatable bonds is 5. The summed E-state index contributed by atoms with van der Waals surface area (Å²) in [6.07, 6.45) is 1.99. The van der Waals surface area contributed by atoms with Gasteiger partial charge in [-0.15, -0.1) is 0 Å². The number of aliphatic hydroxyl groups is 1. The van der Waals surface area contributed by atoms with Gasteiger partial charge in [0.05, 0.1) is 6.61 Å². The molecule has 1 aromatic carbocycles. The van der Waals surface area contributed by atoms with Gasteiger partial charge in [-0.25, -0.2) is 4.79 Å². The van der Waals surface area contributed by atoms with Crippen molar-refractivity contribution in [3.05, 3.63) is 34.3 Å². The first-order valence-corrected chi connectivity index (χ1v) is 6.80. The molecule has 1 aliphatic rings. The zero-order valence-electron chi connectivity index (χ0n) is 10.1. The molecule has 0 aromatic heterocycles. The van der Waals surface area contributed by atoms with Gasteiger partial charge in [0.15, 0.2) is 0 Å². The van der Waals surface area contributed by atoms with Gasteiger partial charge in [0.25, 0.3) is 0 Å². The van der Waals surface area contributed by atoms with Crippen LogP contribution in [-0.4, -0.2) is 24.3 Å². The van der Waals surface area contributed by atoms with E-state index in [-0.39, 0.29) is 18.1 Å². The summed E-state index contributed by atoms with van der Waals surface area (Å²) >= 11 is 3.36. The van der Waals surface area contributed by atoms with Gasteiger partial charge in [-0.3, -0.25) is 0 Å². The first-order chi connectivity index (χ1) is 8.63. The topological polar surface area (TPSA) is 61.4 Å². The molecular weight excluding hydrogens is 296 g/mol. The summed E-state index contributed by atoms with van der Waals surface area (Å²) < 4.78 is 1.02. The average Bonchev–Trinajstić information content (AvgIpc) is 3.16. The molecule has 98 valence electrons. The Bertz CT molecular complexity index is 416. The van der Waals surface area contributed by atoms with Crippen LogP contribution in [0.1, 0.15) is 18.4 Å². The molecule has 4 nitrogen and oxygen atoms in total. The molecule has 5 heteroatoms. The smallest absolute Gasteiger partial charge is 0.315 e. The van der Waals surface area contributed by atoms with E-state index in [4.69, 9.17) is 5.11 Å². The second-order valence-corrected chi connectivity index (χ2v) is 5.74. The summed E-state index contributed by atoms with van der Waals surface area (Å²) in [5.41, 5.74) is 1.01. The summed E-state index contributed by atoms with van der Waals surface area (Å²) in [5.74, 6) is 0. The Hall–Kier alpha value is -1.07. The van der Waals surface area contributed by atoms with Crippen molar-refractivity contribution >= 4 is 22.0 Å². The number of carbonyl (C=O) groups is 1. The van der Waals surface area contributed by atoms with E-state index >= 15 is 0 Å². The van der Waals surface area contributed by atoms with Crippen molar-refractivity contribution in [3.63, 3.8) is 0 Å². The normalized spacial score (nSPS) is 16.1. The maximum Gasteiger partial charge on any atom is 0.315 e. The molecule has 0 atom stereocenters. The SMILES string of the molecule is O=C(NCc1ccc(Br)cc1)NCC1(CO)CC1. The predicted octanol–water partition coefficient (Wildman–Crippen LogP) is 2.02. The third kappa shape index (κ3) is 3.71. The molecule has 0 unspecified atom stereocenters. The van der Waals surface area contributed by atoms with E-state index in [2.05, 4.69) is 26.6 Å². The molecule has 0 radical (unpaired) electrons. The van der Waals surface area contributed by atoms with Crippen LogP contribution in [0.15, 0.2) is 28.7 Å². The largest absolute Gasteiger partial charge is 0.396 e. The molecule has 1 aliphatic carbocycles. The molecule has 1 fully saturated rings. The lowest BCUT2D eigenvalue weighted by atomic mass is 10.1. The van der Waals surface area contributed by atoms with Gasteiger partial charge >= 0.3 is 6.03 Å². The van der Waals surface area contributed by atoms with Gasteiger partial charge in [-0.1, -0.05) is 28.1 Å². The number of hydrogen-bond donors (Lipinski definition) is 3. The van der Waals surface area contributed by atoms with Gasteiger partial charge in [-0.2, -0.15) is 0 Å². The van der Waals surface area contributed by atoms with E-state index in [1.54, 1.807) is 0 Å². The minimum atomic E-state index is -0.183. The van der Waals surface area contributed by atoms with Crippen LogP contribution in [0.2, 0.25) is 0 Å². The fourth-order valence-corrected chi connectivity index (χ4v) is 1.95. The third-order valence-corrected chi connectivity index (χ3v) is 3.81. The van der Waals surface area contributed by atoms with Gasteiger partial charge in [-0.05, 0) is 30.5 Å². The van der Waals surface area contributed by atoms with E-state index in [0.29, 0.717) is 13.1 Å². The van der Waals surface area contributed by atoms with Crippen LogP contribution in [0.25, 0.3) is 0 Å². The van der Waals surface area contributed by atoms with E-state index in [1.807, 2.05) is 24.3 Å². The van der Waals surface area contributed by atoms with Crippen molar-refractivity contribution in [1.29, 1.82) is 0 Å². The van der Waals surface area contributed by atoms with Crippen LogP contribution in [-0.2, 0) is 6.54 Å². The molecule has 2 rings (SSSR count).